The Balaban J connectivity index is 1.05. The smallest absolute Gasteiger partial charge is 0.472 e. The zero-order valence-electron chi connectivity index (χ0n) is 73.3. The highest BCUT2D eigenvalue weighted by Crippen LogP contribution is 2.50. The molecule has 0 bridgehead atoms. The van der Waals surface area contributed by atoms with Crippen molar-refractivity contribution in [1.82, 2.24) is 5.32 Å². The van der Waals surface area contributed by atoms with Crippen LogP contribution in [0.1, 0.15) is 19.8 Å². The van der Waals surface area contributed by atoms with Gasteiger partial charge in [0.1, 0.15) is 232 Å². The highest BCUT2D eigenvalue weighted by atomic mass is 31.2. The molecule has 10 rings (SSSR count). The first kappa shape index (κ1) is 120. The van der Waals surface area contributed by atoms with E-state index in [1.807, 2.05) is 0 Å². The molecule has 10 saturated heterocycles. The van der Waals surface area contributed by atoms with Gasteiger partial charge >= 0.3 is 35.4 Å². The van der Waals surface area contributed by atoms with Crippen LogP contribution < -0.4 is 22.5 Å². The van der Waals surface area contributed by atoms with E-state index < -0.39 is 451 Å². The van der Waals surface area contributed by atoms with Crippen LogP contribution >= 0.6 is 23.5 Å². The van der Waals surface area contributed by atoms with Crippen molar-refractivity contribution >= 4 is 41.3 Å². The van der Waals surface area contributed by atoms with Crippen molar-refractivity contribution in [1.29, 1.82) is 0 Å². The summed E-state index contributed by atoms with van der Waals surface area (Å²) in [5.74, 6) is -13.6. The van der Waals surface area contributed by atoms with Crippen LogP contribution in [0.15, 0.2) is 0 Å². The first-order chi connectivity index (χ1) is 65.9. The highest BCUT2D eigenvalue weighted by molar-refractivity contribution is 7.47. The molecule has 42 N–H and O–H groups in total. The minimum absolute atomic E-state index is 0.483. The molecule has 0 saturated carbocycles. The van der Waals surface area contributed by atoms with Crippen molar-refractivity contribution in [2.45, 2.75) is 338 Å². The average molecular weight is 2140 g/mol. The predicted molar refractivity (Wildman–Crippen MR) is 425 cm³/mol. The summed E-state index contributed by atoms with van der Waals surface area (Å²) in [4.78, 5) is 92.5. The number of rotatable bonds is 44. The van der Waals surface area contributed by atoms with Gasteiger partial charge in [-0.2, -0.15) is 0 Å². The van der Waals surface area contributed by atoms with Crippen molar-refractivity contribution in [2.75, 3.05) is 79.2 Å². The molecule has 53 atom stereocenters. The van der Waals surface area contributed by atoms with Crippen LogP contribution in [0.4, 0.5) is 0 Å². The quantitative estimate of drug-likeness (QED) is 0.0252. The summed E-state index contributed by atoms with van der Waals surface area (Å²) < 4.78 is 169. The van der Waals surface area contributed by atoms with Crippen molar-refractivity contribution in [3.05, 3.63) is 0 Å². The number of carboxylic acid groups (broad SMARTS) is 2. The zero-order chi connectivity index (χ0) is 105. The number of phosphoric ester groups is 3. The maximum absolute atomic E-state index is 14.3. The van der Waals surface area contributed by atoms with Gasteiger partial charge in [-0.25, -0.2) is 23.3 Å². The molecule has 1 amide bonds. The van der Waals surface area contributed by atoms with E-state index in [9.17, 15) is 206 Å². The number of nitrogens with one attached hydrogen (secondary N) is 1. The summed E-state index contributed by atoms with van der Waals surface area (Å²) in [5.41, 5.74) is 17.3. The van der Waals surface area contributed by atoms with E-state index >= 15 is 0 Å². The first-order valence-corrected chi connectivity index (χ1v) is 47.6. The van der Waals surface area contributed by atoms with Gasteiger partial charge in [-0.05, 0) is 0 Å². The van der Waals surface area contributed by atoms with E-state index in [1.54, 1.807) is 0 Å². The third-order valence-corrected chi connectivity index (χ3v) is 26.5. The number of hydrogen-bond donors (Lipinski definition) is 39. The predicted octanol–water partition coefficient (Wildman–Crippen LogP) is -24.0. The third-order valence-electron chi connectivity index (χ3n) is 24.4. The molecule has 141 heavy (non-hydrogen) atoms. The van der Waals surface area contributed by atoms with E-state index in [-0.39, 0.29) is 0 Å². The minimum Gasteiger partial charge on any atom is -0.477 e. The SMILES string of the molecule is CC(=O)N[C@H]1[C@H](O[C@H]2[C@@H](O)[C@@H](CO)O[C@@H](O[C@H]3[C@H](O)[C@@H](O)[C@H](O[C@H]4[C@H](O[C@H]5O[C@H]([C@H](CO)OP(=O)(O)OCCN)[C@@H](O)[C@H](O)[C@@H]5O)[C@H](O)[C@@H](O[C@H]5[C@@H]([C@H](O)CO)O[C@@](OC[C@H]6O[C@@H](OC[C@H]7O[C@H](O)[C@H](N)[C@@H](O)[C@@H]7O)[C@H](N)[C@@H](O)[C@@H]6OP(=O)(O)O)(C(=O)O)C[C@H]5O[C@]5(C(=O)O)C[C@@H](O)[C@@H](O)[C@@H]([C@H](O)CO)O5)O[C@@H]4[C@@H](O)CO)O[C@@H]3COP(=O)(O)O)[C@@H]2O)O[C@H](CO)[C@@H](O)[C@@H]1O[C@@H]1O[C@H](CO)[C@H](O)[C@H](O)[C@H]1O. The average Bonchev–Trinajstić information content (AvgIpc) is 0.738. The maximum Gasteiger partial charge on any atom is 0.472 e. The first-order valence-electron chi connectivity index (χ1n) is 43.0. The second-order valence-corrected chi connectivity index (χ2v) is 38.0. The molecule has 0 aromatic carbocycles. The van der Waals surface area contributed by atoms with Gasteiger partial charge in [0, 0.05) is 26.3 Å². The Hall–Kier alpha value is -3.26. The summed E-state index contributed by atoms with van der Waals surface area (Å²) in [6.07, 6.45) is -121. The van der Waals surface area contributed by atoms with Crippen LogP contribution in [0.3, 0.4) is 0 Å². The lowest BCUT2D eigenvalue weighted by Crippen LogP contribution is -2.71. The molecule has 10 aliphatic rings. The molecule has 10 heterocycles. The largest absolute Gasteiger partial charge is 0.477 e. The molecule has 0 spiro atoms. The fourth-order valence-electron chi connectivity index (χ4n) is 17.0. The Labute approximate surface area is 792 Å². The number of carboxylic acids is 2. The number of carbonyl (C=O) groups excluding carboxylic acids is 1. The zero-order valence-corrected chi connectivity index (χ0v) is 76.0. The van der Waals surface area contributed by atoms with Crippen molar-refractivity contribution < 1.29 is 314 Å². The van der Waals surface area contributed by atoms with Crippen LogP contribution in [0, 0.1) is 0 Å². The van der Waals surface area contributed by atoms with Gasteiger partial charge in [0.2, 0.25) is 5.91 Å². The van der Waals surface area contributed by atoms with Gasteiger partial charge in [0.15, 0.2) is 50.3 Å². The number of ether oxygens (including phenoxy) is 19. The van der Waals surface area contributed by atoms with E-state index in [2.05, 4.69) is 5.32 Å². The summed E-state index contributed by atoms with van der Waals surface area (Å²) in [6, 6.07) is -5.66. The van der Waals surface area contributed by atoms with Gasteiger partial charge < -0.3 is 290 Å². The molecule has 822 valence electrons. The molecule has 68 nitrogen and oxygen atoms in total. The number of hydrogen-bond acceptors (Lipinski definition) is 60. The topological polar surface area (TPSA) is 1110 Å². The van der Waals surface area contributed by atoms with Gasteiger partial charge in [0.05, 0.1) is 97.0 Å². The van der Waals surface area contributed by atoms with E-state index in [0.29, 0.717) is 0 Å². The number of aliphatic carboxylic acids is 2. The van der Waals surface area contributed by atoms with E-state index in [4.69, 9.17) is 125 Å². The molecule has 0 aromatic rings. The minimum atomic E-state index is -5.94. The van der Waals surface area contributed by atoms with Crippen LogP contribution in [-0.2, 0) is 136 Å². The fourth-order valence-corrected chi connectivity index (χ4v) is 18.8. The molecular weight excluding hydrogens is 2010 g/mol. The molecule has 0 radical (unpaired) electrons. The summed E-state index contributed by atoms with van der Waals surface area (Å²) in [5, 5.41) is 340. The Kier molecular flexibility index (Phi) is 42.7. The lowest BCUT2D eigenvalue weighted by molar-refractivity contribution is -0.418. The number of nitrogens with two attached hydrogens (primary N) is 3. The molecular formula is C70H123N4O64P3. The normalized spacial score (nSPS) is 46.4. The van der Waals surface area contributed by atoms with E-state index in [0.717, 1.165) is 6.92 Å². The van der Waals surface area contributed by atoms with Gasteiger partial charge in [-0.1, -0.05) is 0 Å². The van der Waals surface area contributed by atoms with Crippen molar-refractivity contribution in [3.63, 3.8) is 0 Å². The number of amides is 1. The Bertz CT molecular complexity index is 4080. The molecule has 0 aromatic heterocycles. The highest BCUT2D eigenvalue weighted by Gasteiger charge is 2.67. The van der Waals surface area contributed by atoms with Gasteiger partial charge in [-0.3, -0.25) is 22.9 Å². The summed E-state index contributed by atoms with van der Waals surface area (Å²) >= 11 is 0. The standard InChI is InChI=1S/C70H123N4O64P3/c1-16(82)74-31-55(130-62-43(98)39(94)33(88)22(9-78)122-62)35(90)23(10-79)121-61(31)131-56-36(91)24(11-80)123-65(46(56)101)128-52-28(15-119-139(108,109)110)125-63(45(100)42(52)97)133-58-49(19(85)7-76)126-66(47(102)57(58)132-64-44(99)40(95)41(96)51(127-64)25(12-81)137-141(114,115)118-3-2-71)129-54-21(134-70(68(106)107)4-17(83)32(87)48(135-70)18(84)6-75)5-69(67(104)105,136-50(54)20(86)8-77)117-14-27-53(138-140(111,112)113)38(93)30(73)60(124-27)116-13-26-34(89)37(92)29(72)59(103)120-26/h17-66,75-81,83-103H,2-15,71-73H2,1H3,(H,74,82)(H,104,105)(H,106,107)(H,114,115)(H2,108,109,110)(H2,111,112,113)/t17-,18-,19+,20-,21-,22-,23-,24-,25+,26-,27-,28-,29-,30-,31-,32-,33+,34-,35-,36+,37-,38-,39+,40+,41+,42-,43-,44+,45-,46-,47+,48-,49-,50-,51-,52-,53-,54-,55-,56+,57-,58-,59+,60-,61+,62+,63+,64-,65+,66-,69-,70-/m1/s1. The molecule has 10 fully saturated rings. The second kappa shape index (κ2) is 50.3. The summed E-state index contributed by atoms with van der Waals surface area (Å²) in [7, 11) is -17.3. The molecule has 0 aliphatic carbocycles. The lowest BCUT2D eigenvalue weighted by atomic mass is 9.89. The third kappa shape index (κ3) is 27.6. The monoisotopic (exact) mass is 2140 g/mol. The maximum atomic E-state index is 14.3. The fraction of sp³-hybridized carbons (Fsp3) is 0.957. The summed E-state index contributed by atoms with van der Waals surface area (Å²) in [6.45, 7) is -14.7. The van der Waals surface area contributed by atoms with Crippen LogP contribution in [0.25, 0.3) is 0 Å². The number of phosphoric acid groups is 3. The number of aliphatic hydroxyl groups excluding tert-OH is 28. The van der Waals surface area contributed by atoms with Crippen LogP contribution in [0.5, 0.6) is 0 Å². The molecule has 10 aliphatic heterocycles. The van der Waals surface area contributed by atoms with Crippen LogP contribution in [-0.4, -0.2) is 593 Å². The Morgan fingerprint density at radius 2 is 0.865 bits per heavy atom. The Morgan fingerprint density at radius 3 is 1.43 bits per heavy atom. The number of aliphatic hydroxyl groups is 28. The van der Waals surface area contributed by atoms with Gasteiger partial charge in [0.25, 0.3) is 11.6 Å². The number of carbonyl (C=O) groups is 3. The molecule has 71 heteroatoms. The van der Waals surface area contributed by atoms with Gasteiger partial charge in [-0.15, -0.1) is 0 Å². The second-order valence-electron chi connectivity index (χ2n) is 34.2. The van der Waals surface area contributed by atoms with Crippen LogP contribution in [0.2, 0.25) is 0 Å². The lowest BCUT2D eigenvalue weighted by Gasteiger charge is -2.53. The molecule has 1 unspecified atom stereocenters. The van der Waals surface area contributed by atoms with Crippen molar-refractivity contribution in [2.24, 2.45) is 17.2 Å². The van der Waals surface area contributed by atoms with E-state index in [1.165, 1.54) is 0 Å². The Morgan fingerprint density at radius 1 is 0.404 bits per heavy atom. The van der Waals surface area contributed by atoms with Crippen molar-refractivity contribution in [3.8, 4) is 0 Å².